The van der Waals surface area contributed by atoms with E-state index in [-0.39, 0.29) is 38.6 Å². The summed E-state index contributed by atoms with van der Waals surface area (Å²) in [7, 11) is -4.38. The number of allylic oxidation sites excluding steroid dienone is 4. The second-order valence-corrected chi connectivity index (χ2v) is 19.2. The molecule has 0 aromatic carbocycles. The Hall–Kier alpha value is -1.51. The largest absolute Gasteiger partial charge is 0.472 e. The lowest BCUT2D eigenvalue weighted by Crippen LogP contribution is -2.29. The van der Waals surface area contributed by atoms with Crippen molar-refractivity contribution in [3.8, 4) is 0 Å². The van der Waals surface area contributed by atoms with Crippen molar-refractivity contribution in [2.75, 3.05) is 26.4 Å². The Morgan fingerprint density at radius 2 is 0.839 bits per heavy atom. The SMILES string of the molecule is CCCCCC/C=C\C/C=C\CCCCCCCCCC(=O)OC(COC(=O)CCCCCCCCCCCCCCCCCCCCCCCCC)COP(=O)(O)OCCN. The lowest BCUT2D eigenvalue weighted by atomic mass is 10.0. The normalized spacial score (nSPS) is 13.3. The van der Waals surface area contributed by atoms with Crippen LogP contribution in [0.1, 0.15) is 264 Å². The van der Waals surface area contributed by atoms with Crippen molar-refractivity contribution in [1.82, 2.24) is 0 Å². The second-order valence-electron chi connectivity index (χ2n) is 17.8. The van der Waals surface area contributed by atoms with Gasteiger partial charge in [-0.1, -0.05) is 231 Å². The topological polar surface area (TPSA) is 134 Å². The molecule has 0 bridgehead atoms. The van der Waals surface area contributed by atoms with Crippen molar-refractivity contribution < 1.29 is 37.6 Å². The standard InChI is InChI=1S/C52H100NO8P/c1-3-5-7-9-11-13-15-17-19-21-23-24-25-26-27-29-30-32-34-36-38-40-42-44-51(54)58-48-50(49-60-62(56,57)59-47-46-53)61-52(55)45-43-41-39-37-35-33-31-28-22-20-18-16-14-12-10-8-6-4-2/h14,16,20,22,50H,3-13,15,17-19,21,23-49,53H2,1-2H3,(H,56,57)/b16-14-,22-20-. The van der Waals surface area contributed by atoms with Crippen LogP contribution in [-0.2, 0) is 32.7 Å². The molecule has 0 fully saturated rings. The van der Waals surface area contributed by atoms with E-state index in [1.165, 1.54) is 180 Å². The molecule has 0 aliphatic rings. The zero-order valence-electron chi connectivity index (χ0n) is 40.6. The highest BCUT2D eigenvalue weighted by Gasteiger charge is 2.26. The quantitative estimate of drug-likeness (QED) is 0.0265. The zero-order chi connectivity index (χ0) is 45.3. The lowest BCUT2D eigenvalue weighted by molar-refractivity contribution is -0.161. The Labute approximate surface area is 382 Å². The number of nitrogens with two attached hydrogens (primary N) is 1. The van der Waals surface area contributed by atoms with Gasteiger partial charge < -0.3 is 20.1 Å². The first-order valence-corrected chi connectivity index (χ1v) is 27.8. The maximum atomic E-state index is 12.6. The van der Waals surface area contributed by atoms with Crippen LogP contribution in [0.4, 0.5) is 0 Å². The first-order chi connectivity index (χ1) is 30.3. The number of phosphoric ester groups is 1. The zero-order valence-corrected chi connectivity index (χ0v) is 41.5. The third-order valence-corrected chi connectivity index (χ3v) is 12.6. The first-order valence-electron chi connectivity index (χ1n) is 26.3. The monoisotopic (exact) mass is 898 g/mol. The lowest BCUT2D eigenvalue weighted by Gasteiger charge is -2.19. The van der Waals surface area contributed by atoms with Crippen molar-refractivity contribution in [3.63, 3.8) is 0 Å². The molecule has 62 heavy (non-hydrogen) atoms. The average molecular weight is 898 g/mol. The summed E-state index contributed by atoms with van der Waals surface area (Å²) in [4.78, 5) is 35.1. The summed E-state index contributed by atoms with van der Waals surface area (Å²) in [5.41, 5.74) is 5.37. The molecule has 0 saturated heterocycles. The maximum Gasteiger partial charge on any atom is 0.472 e. The number of ether oxygens (including phenoxy) is 2. The van der Waals surface area contributed by atoms with Gasteiger partial charge in [-0.05, 0) is 44.9 Å². The number of unbranched alkanes of at least 4 members (excludes halogenated alkanes) is 33. The highest BCUT2D eigenvalue weighted by atomic mass is 31.2. The van der Waals surface area contributed by atoms with Crippen LogP contribution in [-0.4, -0.2) is 49.3 Å². The van der Waals surface area contributed by atoms with Crippen LogP contribution in [0.5, 0.6) is 0 Å². The fourth-order valence-electron chi connectivity index (χ4n) is 7.67. The van der Waals surface area contributed by atoms with Gasteiger partial charge in [0.2, 0.25) is 0 Å². The molecule has 2 atom stereocenters. The predicted molar refractivity (Wildman–Crippen MR) is 261 cm³/mol. The summed E-state index contributed by atoms with van der Waals surface area (Å²) in [5, 5.41) is 0. The van der Waals surface area contributed by atoms with E-state index in [1.54, 1.807) is 0 Å². The van der Waals surface area contributed by atoms with E-state index in [0.29, 0.717) is 6.42 Å². The Morgan fingerprint density at radius 1 is 0.484 bits per heavy atom. The minimum Gasteiger partial charge on any atom is -0.462 e. The van der Waals surface area contributed by atoms with Crippen LogP contribution in [0, 0.1) is 0 Å². The van der Waals surface area contributed by atoms with E-state index in [2.05, 4.69) is 38.2 Å². The average Bonchev–Trinajstić information content (AvgIpc) is 3.26. The molecular weight excluding hydrogens is 798 g/mol. The highest BCUT2D eigenvalue weighted by Crippen LogP contribution is 2.43. The molecule has 366 valence electrons. The van der Waals surface area contributed by atoms with E-state index in [4.69, 9.17) is 24.3 Å². The van der Waals surface area contributed by atoms with Gasteiger partial charge in [-0.2, -0.15) is 0 Å². The van der Waals surface area contributed by atoms with Gasteiger partial charge in [-0.15, -0.1) is 0 Å². The fourth-order valence-corrected chi connectivity index (χ4v) is 8.43. The molecule has 0 aromatic heterocycles. The van der Waals surface area contributed by atoms with Crippen molar-refractivity contribution in [2.45, 2.75) is 270 Å². The van der Waals surface area contributed by atoms with E-state index in [9.17, 15) is 19.0 Å². The molecule has 0 rings (SSSR count). The van der Waals surface area contributed by atoms with Crippen LogP contribution < -0.4 is 5.73 Å². The number of phosphoric acid groups is 1. The molecular formula is C52H100NO8P. The molecule has 2 unspecified atom stereocenters. The summed E-state index contributed by atoms with van der Waals surface area (Å²) < 4.78 is 32.9. The van der Waals surface area contributed by atoms with Crippen LogP contribution in [0.15, 0.2) is 24.3 Å². The van der Waals surface area contributed by atoms with Gasteiger partial charge in [-0.25, -0.2) is 4.57 Å². The number of hydrogen-bond donors (Lipinski definition) is 2. The smallest absolute Gasteiger partial charge is 0.462 e. The van der Waals surface area contributed by atoms with Crippen molar-refractivity contribution >= 4 is 19.8 Å². The van der Waals surface area contributed by atoms with E-state index >= 15 is 0 Å². The summed E-state index contributed by atoms with van der Waals surface area (Å²) in [6.07, 6.45) is 55.0. The molecule has 0 saturated carbocycles. The number of carbonyl (C=O) groups is 2. The molecule has 0 aliphatic heterocycles. The number of rotatable bonds is 50. The predicted octanol–water partition coefficient (Wildman–Crippen LogP) is 15.9. The van der Waals surface area contributed by atoms with Gasteiger partial charge in [0.25, 0.3) is 0 Å². The van der Waals surface area contributed by atoms with E-state index < -0.39 is 26.5 Å². The van der Waals surface area contributed by atoms with Gasteiger partial charge >= 0.3 is 19.8 Å². The molecule has 0 aliphatic carbocycles. The minimum absolute atomic E-state index is 0.0538. The number of hydrogen-bond acceptors (Lipinski definition) is 8. The van der Waals surface area contributed by atoms with Gasteiger partial charge in [0.05, 0.1) is 13.2 Å². The molecule has 0 heterocycles. The highest BCUT2D eigenvalue weighted by molar-refractivity contribution is 7.47. The summed E-state index contributed by atoms with van der Waals surface area (Å²) >= 11 is 0. The fraction of sp³-hybridized carbons (Fsp3) is 0.885. The number of carbonyl (C=O) groups excluding carboxylic acids is 2. The van der Waals surface area contributed by atoms with Crippen LogP contribution in [0.3, 0.4) is 0 Å². The van der Waals surface area contributed by atoms with Gasteiger partial charge in [-0.3, -0.25) is 18.6 Å². The molecule has 0 radical (unpaired) electrons. The van der Waals surface area contributed by atoms with E-state index in [0.717, 1.165) is 51.4 Å². The summed E-state index contributed by atoms with van der Waals surface area (Å²) in [5.74, 6) is -0.823. The Bertz CT molecular complexity index is 1070. The summed E-state index contributed by atoms with van der Waals surface area (Å²) in [6, 6.07) is 0. The third kappa shape index (κ3) is 48.0. The number of esters is 2. The minimum atomic E-state index is -4.38. The van der Waals surface area contributed by atoms with Crippen LogP contribution in [0.2, 0.25) is 0 Å². The second kappa shape index (κ2) is 48.9. The molecule has 9 nitrogen and oxygen atoms in total. The molecule has 10 heteroatoms. The van der Waals surface area contributed by atoms with Crippen molar-refractivity contribution in [1.29, 1.82) is 0 Å². The molecule has 0 amide bonds. The first kappa shape index (κ1) is 60.5. The van der Waals surface area contributed by atoms with Crippen molar-refractivity contribution in [3.05, 3.63) is 24.3 Å². The van der Waals surface area contributed by atoms with Crippen LogP contribution >= 0.6 is 7.82 Å². The van der Waals surface area contributed by atoms with Gasteiger partial charge in [0.1, 0.15) is 6.61 Å². The summed E-state index contributed by atoms with van der Waals surface area (Å²) in [6.45, 7) is 3.76. The van der Waals surface area contributed by atoms with Gasteiger partial charge in [0, 0.05) is 19.4 Å². The maximum absolute atomic E-state index is 12.6. The Balaban J connectivity index is 3.99. The third-order valence-electron chi connectivity index (χ3n) is 11.6. The molecule has 0 aromatic rings. The van der Waals surface area contributed by atoms with E-state index in [1.807, 2.05) is 0 Å². The van der Waals surface area contributed by atoms with Crippen molar-refractivity contribution in [2.24, 2.45) is 5.73 Å². The molecule has 3 N–H and O–H groups in total. The Morgan fingerprint density at radius 3 is 1.24 bits per heavy atom. The van der Waals surface area contributed by atoms with Gasteiger partial charge in [0.15, 0.2) is 6.10 Å². The van der Waals surface area contributed by atoms with Crippen LogP contribution in [0.25, 0.3) is 0 Å². The Kier molecular flexibility index (Phi) is 47.7. The molecule has 0 spiro atoms.